The smallest absolute Gasteiger partial charge is 0.306 e. The van der Waals surface area contributed by atoms with Crippen molar-refractivity contribution in [1.82, 2.24) is 0 Å². The highest BCUT2D eigenvalue weighted by Gasteiger charge is 2.08. The minimum absolute atomic E-state index is 0.161. The molecule has 1 rings (SSSR count). The molecule has 1 aromatic carbocycles. The lowest BCUT2D eigenvalue weighted by atomic mass is 10.1. The minimum Gasteiger partial charge on any atom is -0.496 e. The molecule has 0 aliphatic heterocycles. The van der Waals surface area contributed by atoms with Crippen LogP contribution in [0.5, 0.6) is 5.75 Å². The molecule has 0 heterocycles. The molecule has 0 saturated carbocycles. The number of hydrogen-bond donors (Lipinski definition) is 0. The zero-order chi connectivity index (χ0) is 12.0. The molecule has 16 heavy (non-hydrogen) atoms. The normalized spacial score (nSPS) is 9.94. The van der Waals surface area contributed by atoms with Gasteiger partial charge in [0.25, 0.3) is 0 Å². The summed E-state index contributed by atoms with van der Waals surface area (Å²) >= 11 is 0. The first-order chi connectivity index (χ1) is 7.69. The van der Waals surface area contributed by atoms with E-state index in [0.717, 1.165) is 16.9 Å². The number of carbonyl (C=O) groups is 1. The molecular formula is C13H18O3. The molecular weight excluding hydrogens is 204 g/mol. The van der Waals surface area contributed by atoms with Crippen molar-refractivity contribution in [2.45, 2.75) is 26.7 Å². The summed E-state index contributed by atoms with van der Waals surface area (Å²) < 4.78 is 10.2. The maximum Gasteiger partial charge on any atom is 0.306 e. The summed E-state index contributed by atoms with van der Waals surface area (Å²) in [5.74, 6) is 0.706. The van der Waals surface area contributed by atoms with Crippen molar-refractivity contribution in [3.8, 4) is 5.75 Å². The summed E-state index contributed by atoms with van der Waals surface area (Å²) in [5, 5.41) is 0. The number of rotatable bonds is 5. The SMILES string of the molecule is CCOC(=O)CCc1cccc(C)c1OC. The molecule has 0 aromatic heterocycles. The highest BCUT2D eigenvalue weighted by molar-refractivity contribution is 5.69. The van der Waals surface area contributed by atoms with Crippen LogP contribution >= 0.6 is 0 Å². The van der Waals surface area contributed by atoms with Crippen LogP contribution in [-0.2, 0) is 16.0 Å². The summed E-state index contributed by atoms with van der Waals surface area (Å²) in [5.41, 5.74) is 2.14. The molecule has 0 aliphatic rings. The monoisotopic (exact) mass is 222 g/mol. The Hall–Kier alpha value is -1.51. The fourth-order valence-electron chi connectivity index (χ4n) is 1.67. The fraction of sp³-hybridized carbons (Fsp3) is 0.462. The second-order valence-electron chi connectivity index (χ2n) is 3.57. The number of aryl methyl sites for hydroxylation is 2. The van der Waals surface area contributed by atoms with E-state index >= 15 is 0 Å². The Kier molecular flexibility index (Phi) is 4.83. The first-order valence-electron chi connectivity index (χ1n) is 5.47. The first-order valence-corrected chi connectivity index (χ1v) is 5.47. The zero-order valence-electron chi connectivity index (χ0n) is 10.1. The summed E-state index contributed by atoms with van der Waals surface area (Å²) in [6, 6.07) is 5.94. The average Bonchev–Trinajstić information content (AvgIpc) is 2.27. The van der Waals surface area contributed by atoms with Crippen molar-refractivity contribution in [3.63, 3.8) is 0 Å². The van der Waals surface area contributed by atoms with E-state index < -0.39 is 0 Å². The van der Waals surface area contributed by atoms with Crippen LogP contribution in [0.1, 0.15) is 24.5 Å². The Morgan fingerprint density at radius 3 is 2.75 bits per heavy atom. The first kappa shape index (κ1) is 12.6. The van der Waals surface area contributed by atoms with E-state index in [1.165, 1.54) is 0 Å². The van der Waals surface area contributed by atoms with E-state index in [9.17, 15) is 4.79 Å². The van der Waals surface area contributed by atoms with Crippen LogP contribution in [0, 0.1) is 6.92 Å². The average molecular weight is 222 g/mol. The number of hydrogen-bond acceptors (Lipinski definition) is 3. The van der Waals surface area contributed by atoms with Crippen LogP contribution in [0.25, 0.3) is 0 Å². The molecule has 0 fully saturated rings. The predicted molar refractivity (Wildman–Crippen MR) is 62.7 cm³/mol. The van der Waals surface area contributed by atoms with Gasteiger partial charge in [-0.15, -0.1) is 0 Å². The van der Waals surface area contributed by atoms with Gasteiger partial charge in [-0.3, -0.25) is 4.79 Å². The van der Waals surface area contributed by atoms with E-state index in [1.807, 2.05) is 32.0 Å². The van der Waals surface area contributed by atoms with E-state index in [4.69, 9.17) is 9.47 Å². The topological polar surface area (TPSA) is 35.5 Å². The van der Waals surface area contributed by atoms with Gasteiger partial charge in [0, 0.05) is 6.42 Å². The van der Waals surface area contributed by atoms with Gasteiger partial charge in [-0.05, 0) is 31.4 Å². The van der Waals surface area contributed by atoms with Crippen LogP contribution in [0.4, 0.5) is 0 Å². The molecule has 0 saturated heterocycles. The number of benzene rings is 1. The number of ether oxygens (including phenoxy) is 2. The number of para-hydroxylation sites is 1. The second kappa shape index (κ2) is 6.16. The molecule has 3 heteroatoms. The van der Waals surface area contributed by atoms with Gasteiger partial charge in [0.2, 0.25) is 0 Å². The lowest BCUT2D eigenvalue weighted by Crippen LogP contribution is -2.06. The summed E-state index contributed by atoms with van der Waals surface area (Å²) in [6.45, 7) is 4.24. The third-order valence-electron chi connectivity index (χ3n) is 2.40. The summed E-state index contributed by atoms with van der Waals surface area (Å²) in [4.78, 5) is 11.2. The zero-order valence-corrected chi connectivity index (χ0v) is 10.1. The molecule has 1 aromatic rings. The molecule has 0 spiro atoms. The van der Waals surface area contributed by atoms with Gasteiger partial charge in [-0.1, -0.05) is 18.2 Å². The van der Waals surface area contributed by atoms with Crippen LogP contribution in [0.3, 0.4) is 0 Å². The van der Waals surface area contributed by atoms with E-state index in [2.05, 4.69) is 0 Å². The van der Waals surface area contributed by atoms with Crippen LogP contribution in [-0.4, -0.2) is 19.7 Å². The minimum atomic E-state index is -0.161. The van der Waals surface area contributed by atoms with Crippen molar-refractivity contribution >= 4 is 5.97 Å². The van der Waals surface area contributed by atoms with Crippen molar-refractivity contribution in [1.29, 1.82) is 0 Å². The summed E-state index contributed by atoms with van der Waals surface area (Å²) in [7, 11) is 1.65. The van der Waals surface area contributed by atoms with Gasteiger partial charge in [0.1, 0.15) is 5.75 Å². The third-order valence-corrected chi connectivity index (χ3v) is 2.40. The van der Waals surface area contributed by atoms with Gasteiger partial charge in [-0.2, -0.15) is 0 Å². The number of carbonyl (C=O) groups excluding carboxylic acids is 1. The van der Waals surface area contributed by atoms with Crippen LogP contribution in [0.2, 0.25) is 0 Å². The van der Waals surface area contributed by atoms with Gasteiger partial charge in [0.05, 0.1) is 13.7 Å². The quantitative estimate of drug-likeness (QED) is 0.718. The second-order valence-corrected chi connectivity index (χ2v) is 3.57. The number of esters is 1. The molecule has 0 amide bonds. The summed E-state index contributed by atoms with van der Waals surface area (Å²) in [6.07, 6.45) is 1.05. The maximum absolute atomic E-state index is 11.2. The molecule has 0 aliphatic carbocycles. The lowest BCUT2D eigenvalue weighted by Gasteiger charge is -2.10. The Labute approximate surface area is 96.4 Å². The van der Waals surface area contributed by atoms with Crippen LogP contribution in [0.15, 0.2) is 18.2 Å². The Morgan fingerprint density at radius 2 is 2.12 bits per heavy atom. The standard InChI is InChI=1S/C13H18O3/c1-4-16-12(14)9-8-11-7-5-6-10(2)13(11)15-3/h5-7H,4,8-9H2,1-3H3. The molecule has 0 bridgehead atoms. The Morgan fingerprint density at radius 1 is 1.38 bits per heavy atom. The Balaban J connectivity index is 2.66. The van der Waals surface area contributed by atoms with Gasteiger partial charge in [0.15, 0.2) is 0 Å². The largest absolute Gasteiger partial charge is 0.496 e. The highest BCUT2D eigenvalue weighted by Crippen LogP contribution is 2.24. The molecule has 0 N–H and O–H groups in total. The Bertz CT molecular complexity index is 358. The van der Waals surface area contributed by atoms with Crippen LogP contribution < -0.4 is 4.74 Å². The van der Waals surface area contributed by atoms with Crippen molar-refractivity contribution in [2.75, 3.05) is 13.7 Å². The van der Waals surface area contributed by atoms with Gasteiger partial charge < -0.3 is 9.47 Å². The highest BCUT2D eigenvalue weighted by atomic mass is 16.5. The van der Waals surface area contributed by atoms with Crippen molar-refractivity contribution in [2.24, 2.45) is 0 Å². The molecule has 0 unspecified atom stereocenters. The van der Waals surface area contributed by atoms with E-state index in [0.29, 0.717) is 19.4 Å². The van der Waals surface area contributed by atoms with Gasteiger partial charge in [-0.25, -0.2) is 0 Å². The van der Waals surface area contributed by atoms with E-state index in [-0.39, 0.29) is 5.97 Å². The molecule has 0 atom stereocenters. The molecule has 88 valence electrons. The van der Waals surface area contributed by atoms with Gasteiger partial charge >= 0.3 is 5.97 Å². The van der Waals surface area contributed by atoms with E-state index in [1.54, 1.807) is 7.11 Å². The molecule has 3 nitrogen and oxygen atoms in total. The number of methoxy groups -OCH3 is 1. The maximum atomic E-state index is 11.2. The lowest BCUT2D eigenvalue weighted by molar-refractivity contribution is -0.143. The molecule has 0 radical (unpaired) electrons. The third kappa shape index (κ3) is 3.26. The van der Waals surface area contributed by atoms with Crippen molar-refractivity contribution in [3.05, 3.63) is 29.3 Å². The fourth-order valence-corrected chi connectivity index (χ4v) is 1.67. The predicted octanol–water partition coefficient (Wildman–Crippen LogP) is 2.50. The van der Waals surface area contributed by atoms with Crippen molar-refractivity contribution < 1.29 is 14.3 Å².